The van der Waals surface area contributed by atoms with E-state index in [1.54, 1.807) is 18.3 Å². The Balaban J connectivity index is 1.21. The molecule has 0 aliphatic heterocycles. The zero-order valence-electron chi connectivity index (χ0n) is 16.6. The zero-order valence-corrected chi connectivity index (χ0v) is 16.6. The van der Waals surface area contributed by atoms with Crippen molar-refractivity contribution in [3.63, 3.8) is 0 Å². The maximum atomic E-state index is 12.2. The number of rotatable bonds is 8. The summed E-state index contributed by atoms with van der Waals surface area (Å²) in [5.41, 5.74) is 2.43. The summed E-state index contributed by atoms with van der Waals surface area (Å²) >= 11 is 0. The van der Waals surface area contributed by atoms with Crippen LogP contribution in [0.4, 0.5) is 0 Å². The third-order valence-corrected chi connectivity index (χ3v) is 4.69. The van der Waals surface area contributed by atoms with Crippen LogP contribution in [0, 0.1) is 6.92 Å². The lowest BCUT2D eigenvalue weighted by atomic mass is 10.1. The standard InChI is InChI=1S/C21H22N6O3/c1-15-6-8-16(9-7-15)20-24-23-19(30-20)11-10-18(28)22-12-4-14-27-21(29)26-13-3-2-5-17(26)25-27/h2-3,5-9,13H,4,10-12,14H2,1H3,(H,22,28). The molecule has 0 saturated carbocycles. The molecule has 1 N–H and O–H groups in total. The van der Waals surface area contributed by atoms with Gasteiger partial charge in [-0.2, -0.15) is 0 Å². The summed E-state index contributed by atoms with van der Waals surface area (Å²) in [6.45, 7) is 2.90. The number of amides is 1. The van der Waals surface area contributed by atoms with Crippen LogP contribution in [0.25, 0.3) is 17.1 Å². The first kappa shape index (κ1) is 19.6. The van der Waals surface area contributed by atoms with Crippen LogP contribution in [0.3, 0.4) is 0 Å². The number of nitrogens with one attached hydrogen (secondary N) is 1. The quantitative estimate of drug-likeness (QED) is 0.449. The number of hydrogen-bond acceptors (Lipinski definition) is 6. The number of hydrogen-bond donors (Lipinski definition) is 1. The average molecular weight is 406 g/mol. The van der Waals surface area contributed by atoms with Crippen molar-refractivity contribution in [1.82, 2.24) is 29.7 Å². The summed E-state index contributed by atoms with van der Waals surface area (Å²) in [5, 5.41) is 15.2. The maximum absolute atomic E-state index is 12.2. The van der Waals surface area contributed by atoms with Gasteiger partial charge in [0.2, 0.25) is 17.7 Å². The zero-order chi connectivity index (χ0) is 20.9. The van der Waals surface area contributed by atoms with E-state index in [2.05, 4.69) is 20.6 Å². The second kappa shape index (κ2) is 8.73. The van der Waals surface area contributed by atoms with Crippen LogP contribution in [-0.4, -0.2) is 36.8 Å². The van der Waals surface area contributed by atoms with Crippen LogP contribution >= 0.6 is 0 Å². The summed E-state index contributed by atoms with van der Waals surface area (Å²) in [7, 11) is 0. The Labute approximate surface area is 172 Å². The molecule has 1 amide bonds. The van der Waals surface area contributed by atoms with Gasteiger partial charge in [-0.1, -0.05) is 23.8 Å². The highest BCUT2D eigenvalue weighted by Crippen LogP contribution is 2.18. The highest BCUT2D eigenvalue weighted by atomic mass is 16.4. The third-order valence-electron chi connectivity index (χ3n) is 4.69. The van der Waals surface area contributed by atoms with Crippen molar-refractivity contribution >= 4 is 11.6 Å². The minimum absolute atomic E-state index is 0.104. The fraction of sp³-hybridized carbons (Fsp3) is 0.286. The second-order valence-electron chi connectivity index (χ2n) is 7.01. The van der Waals surface area contributed by atoms with Crippen LogP contribution in [-0.2, 0) is 17.8 Å². The fourth-order valence-electron chi connectivity index (χ4n) is 3.05. The summed E-state index contributed by atoms with van der Waals surface area (Å²) in [5.74, 6) is 0.771. The molecule has 3 aromatic heterocycles. The summed E-state index contributed by atoms with van der Waals surface area (Å²) in [4.78, 5) is 24.3. The van der Waals surface area contributed by atoms with Gasteiger partial charge in [-0.3, -0.25) is 9.20 Å². The van der Waals surface area contributed by atoms with Crippen LogP contribution in [0.1, 0.15) is 24.3 Å². The van der Waals surface area contributed by atoms with Gasteiger partial charge in [0.05, 0.1) is 0 Å². The molecule has 0 saturated heterocycles. The van der Waals surface area contributed by atoms with Crippen LogP contribution in [0.5, 0.6) is 0 Å². The van der Waals surface area contributed by atoms with Crippen LogP contribution < -0.4 is 11.0 Å². The molecule has 0 fully saturated rings. The van der Waals surface area contributed by atoms with E-state index in [0.29, 0.717) is 43.4 Å². The molecule has 9 heteroatoms. The van der Waals surface area contributed by atoms with E-state index < -0.39 is 0 Å². The Kier molecular flexibility index (Phi) is 5.69. The van der Waals surface area contributed by atoms with E-state index in [0.717, 1.165) is 11.1 Å². The van der Waals surface area contributed by atoms with Gasteiger partial charge in [-0.25, -0.2) is 9.48 Å². The van der Waals surface area contributed by atoms with Gasteiger partial charge in [0, 0.05) is 37.7 Å². The Morgan fingerprint density at radius 2 is 1.97 bits per heavy atom. The lowest BCUT2D eigenvalue weighted by Crippen LogP contribution is -2.27. The van der Waals surface area contributed by atoms with Gasteiger partial charge in [0.15, 0.2) is 5.65 Å². The first-order valence-corrected chi connectivity index (χ1v) is 9.80. The van der Waals surface area contributed by atoms with Crippen molar-refractivity contribution < 1.29 is 9.21 Å². The summed E-state index contributed by atoms with van der Waals surface area (Å²) in [6.07, 6.45) is 2.92. The number of aromatic nitrogens is 5. The molecule has 0 unspecified atom stereocenters. The Morgan fingerprint density at radius 1 is 1.13 bits per heavy atom. The molecule has 9 nitrogen and oxygen atoms in total. The molecule has 0 aliphatic rings. The first-order valence-electron chi connectivity index (χ1n) is 9.80. The van der Waals surface area contributed by atoms with Crippen molar-refractivity contribution in [1.29, 1.82) is 0 Å². The largest absolute Gasteiger partial charge is 0.421 e. The molecular formula is C21H22N6O3. The number of aryl methyl sites for hydroxylation is 3. The second-order valence-corrected chi connectivity index (χ2v) is 7.01. The minimum atomic E-state index is -0.183. The van der Waals surface area contributed by atoms with E-state index in [-0.39, 0.29) is 18.0 Å². The van der Waals surface area contributed by atoms with E-state index in [4.69, 9.17) is 4.42 Å². The van der Waals surface area contributed by atoms with Crippen molar-refractivity contribution in [2.45, 2.75) is 32.7 Å². The minimum Gasteiger partial charge on any atom is -0.421 e. The predicted molar refractivity (Wildman–Crippen MR) is 110 cm³/mol. The molecule has 0 spiro atoms. The van der Waals surface area contributed by atoms with Crippen LogP contribution in [0.15, 0.2) is 57.9 Å². The van der Waals surface area contributed by atoms with Gasteiger partial charge in [-0.05, 0) is 37.6 Å². The topological polar surface area (TPSA) is 107 Å². The maximum Gasteiger partial charge on any atom is 0.350 e. The normalized spacial score (nSPS) is 11.1. The number of carbonyl (C=O) groups is 1. The van der Waals surface area contributed by atoms with Crippen molar-refractivity contribution in [3.05, 3.63) is 70.6 Å². The van der Waals surface area contributed by atoms with Gasteiger partial charge in [0.1, 0.15) is 0 Å². The van der Waals surface area contributed by atoms with Gasteiger partial charge in [-0.15, -0.1) is 15.3 Å². The highest BCUT2D eigenvalue weighted by molar-refractivity contribution is 5.75. The number of benzene rings is 1. The Morgan fingerprint density at radius 3 is 2.77 bits per heavy atom. The molecule has 4 aromatic rings. The lowest BCUT2D eigenvalue weighted by Gasteiger charge is -2.03. The number of fused-ring (bicyclic) bond motifs is 1. The molecule has 0 radical (unpaired) electrons. The predicted octanol–water partition coefficient (Wildman–Crippen LogP) is 1.99. The lowest BCUT2D eigenvalue weighted by molar-refractivity contribution is -0.121. The van der Waals surface area contributed by atoms with Crippen molar-refractivity contribution in [3.8, 4) is 11.5 Å². The number of carbonyl (C=O) groups excluding carboxylic acids is 1. The Bertz CT molecular complexity index is 1210. The van der Waals surface area contributed by atoms with E-state index in [1.165, 1.54) is 9.08 Å². The molecule has 0 atom stereocenters. The van der Waals surface area contributed by atoms with Gasteiger partial charge < -0.3 is 9.73 Å². The smallest absolute Gasteiger partial charge is 0.350 e. The van der Waals surface area contributed by atoms with Crippen molar-refractivity contribution in [2.75, 3.05) is 6.54 Å². The summed E-state index contributed by atoms with van der Waals surface area (Å²) < 4.78 is 8.54. The number of pyridine rings is 1. The molecule has 1 aromatic carbocycles. The SMILES string of the molecule is Cc1ccc(-c2nnc(CCC(=O)NCCCn3nc4ccccn4c3=O)o2)cc1. The van der Waals surface area contributed by atoms with Gasteiger partial charge >= 0.3 is 5.69 Å². The van der Waals surface area contributed by atoms with Gasteiger partial charge in [0.25, 0.3) is 0 Å². The molecule has 3 heterocycles. The van der Waals surface area contributed by atoms with Crippen LogP contribution in [0.2, 0.25) is 0 Å². The van der Waals surface area contributed by atoms with E-state index in [1.807, 2.05) is 37.3 Å². The molecule has 154 valence electrons. The molecule has 0 bridgehead atoms. The average Bonchev–Trinajstić information content (AvgIpc) is 3.35. The molecule has 0 aliphatic carbocycles. The monoisotopic (exact) mass is 406 g/mol. The Hall–Kier alpha value is -3.75. The highest BCUT2D eigenvalue weighted by Gasteiger charge is 2.11. The molecule has 30 heavy (non-hydrogen) atoms. The first-order chi connectivity index (χ1) is 14.6. The van der Waals surface area contributed by atoms with E-state index in [9.17, 15) is 9.59 Å². The van der Waals surface area contributed by atoms with Crippen molar-refractivity contribution in [2.24, 2.45) is 0 Å². The third kappa shape index (κ3) is 4.45. The molecule has 4 rings (SSSR count). The molecular weight excluding hydrogens is 384 g/mol. The van der Waals surface area contributed by atoms with E-state index >= 15 is 0 Å². The number of nitrogens with zero attached hydrogens (tertiary/aromatic N) is 5. The fourth-order valence-corrected chi connectivity index (χ4v) is 3.05. The summed E-state index contributed by atoms with van der Waals surface area (Å²) in [6, 6.07) is 13.2.